The molecule has 3 heteroatoms. The van der Waals surface area contributed by atoms with Crippen molar-refractivity contribution < 1.29 is 4.79 Å². The van der Waals surface area contributed by atoms with E-state index in [-0.39, 0.29) is 5.91 Å². The molecule has 4 aliphatic heterocycles. The summed E-state index contributed by atoms with van der Waals surface area (Å²) >= 11 is 0. The van der Waals surface area contributed by atoms with E-state index < -0.39 is 0 Å². The number of nitrogens with zero attached hydrogens (tertiary/aromatic N) is 2. The fourth-order valence-electron chi connectivity index (χ4n) is 4.33. The van der Waals surface area contributed by atoms with Crippen molar-refractivity contribution >= 4 is 5.91 Å². The highest BCUT2D eigenvalue weighted by Crippen LogP contribution is 2.33. The molecule has 0 spiro atoms. The van der Waals surface area contributed by atoms with Crippen LogP contribution in [0.2, 0.25) is 0 Å². The summed E-state index contributed by atoms with van der Waals surface area (Å²) in [6.07, 6.45) is 3.57. The highest BCUT2D eigenvalue weighted by atomic mass is 16.2. The number of rotatable bonds is 1. The standard InChI is InChI=1S/C17H22N2O/c1-12-3-2-4-15-14(12)7-10-19(17(15)20)16-11-18-8-5-13(16)6-9-18/h2-4,13,16H,5-11H2,1H3. The van der Waals surface area contributed by atoms with Crippen molar-refractivity contribution in [3.63, 3.8) is 0 Å². The van der Waals surface area contributed by atoms with Gasteiger partial charge in [0.25, 0.3) is 5.91 Å². The molecular weight excluding hydrogens is 248 g/mol. The summed E-state index contributed by atoms with van der Waals surface area (Å²) in [6.45, 7) is 6.59. The average Bonchev–Trinajstić information content (AvgIpc) is 2.50. The van der Waals surface area contributed by atoms with Gasteiger partial charge in [0.1, 0.15) is 0 Å². The molecule has 1 atom stereocenters. The Morgan fingerprint density at radius 2 is 1.95 bits per heavy atom. The lowest BCUT2D eigenvalue weighted by atomic mass is 9.81. The first-order valence-electron chi connectivity index (χ1n) is 7.86. The van der Waals surface area contributed by atoms with Crippen LogP contribution in [0.25, 0.3) is 0 Å². The van der Waals surface area contributed by atoms with Crippen LogP contribution >= 0.6 is 0 Å². The topological polar surface area (TPSA) is 23.6 Å². The zero-order valence-corrected chi connectivity index (χ0v) is 12.1. The Bertz CT molecular complexity index is 546. The van der Waals surface area contributed by atoms with E-state index in [0.717, 1.165) is 31.0 Å². The number of aryl methyl sites for hydroxylation is 1. The minimum atomic E-state index is 0.272. The van der Waals surface area contributed by atoms with Gasteiger partial charge in [-0.1, -0.05) is 12.1 Å². The van der Waals surface area contributed by atoms with Crippen LogP contribution < -0.4 is 0 Å². The van der Waals surface area contributed by atoms with Crippen LogP contribution in [0.3, 0.4) is 0 Å². The SMILES string of the molecule is Cc1cccc2c1CCN(C1CN3CCC1CC3)C2=O. The van der Waals surface area contributed by atoms with E-state index in [9.17, 15) is 4.79 Å². The third kappa shape index (κ3) is 1.80. The maximum atomic E-state index is 12.9. The molecule has 0 N–H and O–H groups in total. The lowest BCUT2D eigenvalue weighted by Gasteiger charge is -2.50. The molecule has 1 amide bonds. The maximum absolute atomic E-state index is 12.9. The van der Waals surface area contributed by atoms with E-state index in [1.54, 1.807) is 0 Å². The number of benzene rings is 1. The molecule has 3 saturated heterocycles. The molecule has 1 unspecified atom stereocenters. The van der Waals surface area contributed by atoms with Crippen molar-refractivity contribution in [1.29, 1.82) is 0 Å². The maximum Gasteiger partial charge on any atom is 0.254 e. The van der Waals surface area contributed by atoms with Gasteiger partial charge in [-0.3, -0.25) is 4.79 Å². The molecule has 3 fully saturated rings. The zero-order valence-electron chi connectivity index (χ0n) is 12.1. The summed E-state index contributed by atoms with van der Waals surface area (Å²) in [4.78, 5) is 17.6. The van der Waals surface area contributed by atoms with Crippen molar-refractivity contribution in [2.24, 2.45) is 5.92 Å². The molecule has 4 heterocycles. The van der Waals surface area contributed by atoms with Crippen LogP contribution in [0, 0.1) is 12.8 Å². The molecule has 5 rings (SSSR count). The number of piperidine rings is 3. The predicted molar refractivity (Wildman–Crippen MR) is 78.9 cm³/mol. The largest absolute Gasteiger partial charge is 0.334 e. The molecule has 1 aromatic rings. The third-order valence-electron chi connectivity index (χ3n) is 5.53. The average molecular weight is 270 g/mol. The van der Waals surface area contributed by atoms with E-state index >= 15 is 0 Å². The number of amides is 1. The van der Waals surface area contributed by atoms with Gasteiger partial charge in [-0.25, -0.2) is 0 Å². The first-order valence-corrected chi connectivity index (χ1v) is 7.86. The first kappa shape index (κ1) is 12.4. The second-order valence-electron chi connectivity index (χ2n) is 6.55. The van der Waals surface area contributed by atoms with Crippen molar-refractivity contribution in [3.05, 3.63) is 34.9 Å². The van der Waals surface area contributed by atoms with Gasteiger partial charge in [-0.2, -0.15) is 0 Å². The van der Waals surface area contributed by atoms with Crippen molar-refractivity contribution in [2.75, 3.05) is 26.2 Å². The van der Waals surface area contributed by atoms with Crippen molar-refractivity contribution in [1.82, 2.24) is 9.80 Å². The Labute approximate surface area is 120 Å². The molecule has 4 aliphatic rings. The highest BCUT2D eigenvalue weighted by Gasteiger charge is 2.40. The molecule has 3 nitrogen and oxygen atoms in total. The van der Waals surface area contributed by atoms with Gasteiger partial charge in [0, 0.05) is 24.7 Å². The Hall–Kier alpha value is -1.35. The fourth-order valence-corrected chi connectivity index (χ4v) is 4.33. The van der Waals surface area contributed by atoms with Crippen LogP contribution in [0.4, 0.5) is 0 Å². The lowest BCUT2D eigenvalue weighted by Crippen LogP contribution is -2.59. The Morgan fingerprint density at radius 1 is 1.15 bits per heavy atom. The van der Waals surface area contributed by atoms with Crippen LogP contribution in [0.1, 0.15) is 34.3 Å². The summed E-state index contributed by atoms with van der Waals surface area (Å²) < 4.78 is 0. The molecule has 0 aromatic heterocycles. The summed E-state index contributed by atoms with van der Waals surface area (Å²) in [6, 6.07) is 6.61. The van der Waals surface area contributed by atoms with Gasteiger partial charge in [0.05, 0.1) is 0 Å². The van der Waals surface area contributed by atoms with E-state index in [4.69, 9.17) is 0 Å². The predicted octanol–water partition coefficient (Wildman–Crippen LogP) is 2.09. The zero-order chi connectivity index (χ0) is 13.7. The smallest absolute Gasteiger partial charge is 0.254 e. The van der Waals surface area contributed by atoms with E-state index in [0.29, 0.717) is 6.04 Å². The number of carbonyl (C=O) groups is 1. The van der Waals surface area contributed by atoms with Gasteiger partial charge in [0.15, 0.2) is 0 Å². The molecule has 2 bridgehead atoms. The lowest BCUT2D eigenvalue weighted by molar-refractivity contribution is 0.00604. The minimum Gasteiger partial charge on any atom is -0.334 e. The van der Waals surface area contributed by atoms with E-state index in [1.807, 2.05) is 12.1 Å². The number of hydrogen-bond acceptors (Lipinski definition) is 2. The summed E-state index contributed by atoms with van der Waals surface area (Å²) in [5.74, 6) is 1.00. The van der Waals surface area contributed by atoms with Gasteiger partial charge in [-0.15, -0.1) is 0 Å². The molecular formula is C17H22N2O. The summed E-state index contributed by atoms with van der Waals surface area (Å²) in [5.41, 5.74) is 3.49. The summed E-state index contributed by atoms with van der Waals surface area (Å²) in [5, 5.41) is 0. The minimum absolute atomic E-state index is 0.272. The van der Waals surface area contributed by atoms with E-state index in [2.05, 4.69) is 22.8 Å². The Balaban J connectivity index is 1.64. The Kier molecular flexibility index (Phi) is 2.84. The highest BCUT2D eigenvalue weighted by molar-refractivity contribution is 5.97. The third-order valence-corrected chi connectivity index (χ3v) is 5.53. The van der Waals surface area contributed by atoms with Gasteiger partial charge in [-0.05, 0) is 62.4 Å². The van der Waals surface area contributed by atoms with E-state index in [1.165, 1.54) is 37.1 Å². The van der Waals surface area contributed by atoms with Gasteiger partial charge in [0.2, 0.25) is 0 Å². The van der Waals surface area contributed by atoms with Gasteiger partial charge < -0.3 is 9.80 Å². The monoisotopic (exact) mass is 270 g/mol. The number of fused-ring (bicyclic) bond motifs is 4. The fraction of sp³-hybridized carbons (Fsp3) is 0.588. The van der Waals surface area contributed by atoms with Crippen molar-refractivity contribution in [2.45, 2.75) is 32.2 Å². The van der Waals surface area contributed by atoms with Crippen LogP contribution in [0.5, 0.6) is 0 Å². The van der Waals surface area contributed by atoms with Crippen molar-refractivity contribution in [3.8, 4) is 0 Å². The first-order chi connectivity index (χ1) is 9.74. The van der Waals surface area contributed by atoms with Crippen LogP contribution in [0.15, 0.2) is 18.2 Å². The van der Waals surface area contributed by atoms with Crippen LogP contribution in [-0.2, 0) is 6.42 Å². The second kappa shape index (κ2) is 4.59. The van der Waals surface area contributed by atoms with Crippen LogP contribution in [-0.4, -0.2) is 47.9 Å². The van der Waals surface area contributed by atoms with Gasteiger partial charge >= 0.3 is 0 Å². The molecule has 1 aromatic carbocycles. The Morgan fingerprint density at radius 3 is 2.65 bits per heavy atom. The molecule has 0 radical (unpaired) electrons. The molecule has 0 aliphatic carbocycles. The summed E-state index contributed by atoms with van der Waals surface area (Å²) in [7, 11) is 0. The molecule has 106 valence electrons. The number of carbonyl (C=O) groups excluding carboxylic acids is 1. The normalized spacial score (nSPS) is 32.4. The second-order valence-corrected chi connectivity index (χ2v) is 6.55. The molecule has 20 heavy (non-hydrogen) atoms. The quantitative estimate of drug-likeness (QED) is 0.780. The molecule has 0 saturated carbocycles. The number of hydrogen-bond donors (Lipinski definition) is 0.